The largest absolute Gasteiger partial charge is 0.309 e. The maximum Gasteiger partial charge on any atom is 0.0998 e. The van der Waals surface area contributed by atoms with Crippen LogP contribution in [0.5, 0.6) is 0 Å². The van der Waals surface area contributed by atoms with E-state index in [1.807, 2.05) is 18.2 Å². The first-order valence-electron chi connectivity index (χ1n) is 15.9. The molecule has 2 aromatic heterocycles. The Balaban J connectivity index is 1.51. The number of aromatic nitrogens is 2. The number of aryl methyl sites for hydroxylation is 2. The van der Waals surface area contributed by atoms with Crippen molar-refractivity contribution in [3.05, 3.63) is 169 Å². The average Bonchev–Trinajstić information content (AvgIpc) is 3.45. The topological polar surface area (TPSA) is 41.6 Å². The van der Waals surface area contributed by atoms with Crippen molar-refractivity contribution in [3.8, 4) is 56.3 Å². The fraction of sp³-hybridized carbons (Fsp3) is 0.0455. The van der Waals surface area contributed by atoms with E-state index in [0.717, 1.165) is 50.1 Å². The molecule has 0 bridgehead atoms. The molecule has 47 heavy (non-hydrogen) atoms. The van der Waals surface area contributed by atoms with Crippen molar-refractivity contribution in [2.75, 3.05) is 0 Å². The van der Waals surface area contributed by atoms with Gasteiger partial charge < -0.3 is 4.57 Å². The maximum atomic E-state index is 10.6. The molecule has 8 aromatic rings. The SMILES string of the molecule is Cc1ccccc1-c1ccc2c3ccc(-c4ccccc4C)cc3n(-c3cc(C#N)c(-c4ccncc4)cc3-c3ccccc3)c2c1. The molecular weight excluding hydrogens is 571 g/mol. The minimum absolute atomic E-state index is 0.617. The van der Waals surface area contributed by atoms with Crippen LogP contribution in [0.1, 0.15) is 16.7 Å². The van der Waals surface area contributed by atoms with Gasteiger partial charge in [-0.2, -0.15) is 5.26 Å². The van der Waals surface area contributed by atoms with E-state index in [-0.39, 0.29) is 0 Å². The zero-order valence-electron chi connectivity index (χ0n) is 26.3. The highest BCUT2D eigenvalue weighted by molar-refractivity contribution is 6.12. The zero-order chi connectivity index (χ0) is 31.9. The van der Waals surface area contributed by atoms with Crippen LogP contribution in [0.2, 0.25) is 0 Å². The Kier molecular flexibility index (Phi) is 6.97. The molecule has 3 heteroatoms. The molecule has 222 valence electrons. The van der Waals surface area contributed by atoms with Crippen molar-refractivity contribution in [1.29, 1.82) is 5.26 Å². The van der Waals surface area contributed by atoms with Crippen LogP contribution in [0, 0.1) is 25.2 Å². The minimum atomic E-state index is 0.617. The number of benzene rings is 6. The van der Waals surface area contributed by atoms with Gasteiger partial charge in [0.15, 0.2) is 0 Å². The van der Waals surface area contributed by atoms with Gasteiger partial charge in [-0.1, -0.05) is 103 Å². The minimum Gasteiger partial charge on any atom is -0.309 e. The molecule has 0 N–H and O–H groups in total. The number of nitrogens with zero attached hydrogens (tertiary/aromatic N) is 3. The first kappa shape index (κ1) is 28.2. The fourth-order valence-electron chi connectivity index (χ4n) is 6.89. The van der Waals surface area contributed by atoms with Gasteiger partial charge in [-0.15, -0.1) is 0 Å². The lowest BCUT2D eigenvalue weighted by Gasteiger charge is -2.18. The lowest BCUT2D eigenvalue weighted by Crippen LogP contribution is -2.00. The van der Waals surface area contributed by atoms with E-state index in [0.29, 0.717) is 5.56 Å². The van der Waals surface area contributed by atoms with Gasteiger partial charge in [0.25, 0.3) is 0 Å². The average molecular weight is 602 g/mol. The number of hydrogen-bond acceptors (Lipinski definition) is 2. The highest BCUT2D eigenvalue weighted by Gasteiger charge is 2.20. The molecule has 2 heterocycles. The molecule has 0 atom stereocenters. The molecule has 3 nitrogen and oxygen atoms in total. The van der Waals surface area contributed by atoms with E-state index >= 15 is 0 Å². The van der Waals surface area contributed by atoms with E-state index in [9.17, 15) is 5.26 Å². The molecule has 0 aliphatic rings. The summed E-state index contributed by atoms with van der Waals surface area (Å²) in [7, 11) is 0. The number of hydrogen-bond donors (Lipinski definition) is 0. The third kappa shape index (κ3) is 4.88. The van der Waals surface area contributed by atoms with Crippen LogP contribution in [-0.4, -0.2) is 9.55 Å². The first-order chi connectivity index (χ1) is 23.1. The monoisotopic (exact) mass is 601 g/mol. The van der Waals surface area contributed by atoms with Crippen LogP contribution >= 0.6 is 0 Å². The fourth-order valence-corrected chi connectivity index (χ4v) is 6.89. The number of pyridine rings is 1. The van der Waals surface area contributed by atoms with Crippen LogP contribution < -0.4 is 0 Å². The summed E-state index contributed by atoms with van der Waals surface area (Å²) in [6, 6.07) is 51.8. The quantitative estimate of drug-likeness (QED) is 0.197. The van der Waals surface area contributed by atoms with Gasteiger partial charge >= 0.3 is 0 Å². The smallest absolute Gasteiger partial charge is 0.0998 e. The molecule has 0 saturated heterocycles. The van der Waals surface area contributed by atoms with Gasteiger partial charge in [0.2, 0.25) is 0 Å². The zero-order valence-corrected chi connectivity index (χ0v) is 26.3. The van der Waals surface area contributed by atoms with E-state index in [1.165, 1.54) is 33.0 Å². The van der Waals surface area contributed by atoms with Gasteiger partial charge in [0.1, 0.15) is 0 Å². The van der Waals surface area contributed by atoms with Gasteiger partial charge in [-0.25, -0.2) is 0 Å². The Labute approximate surface area is 274 Å². The third-order valence-corrected chi connectivity index (χ3v) is 9.25. The van der Waals surface area contributed by atoms with Crippen LogP contribution in [0.4, 0.5) is 0 Å². The van der Waals surface area contributed by atoms with Crippen LogP contribution in [0.15, 0.2) is 152 Å². The van der Waals surface area contributed by atoms with Gasteiger partial charge in [-0.3, -0.25) is 4.98 Å². The Morgan fingerprint density at radius 3 is 1.57 bits per heavy atom. The number of fused-ring (bicyclic) bond motifs is 3. The van der Waals surface area contributed by atoms with Gasteiger partial charge in [0.05, 0.1) is 28.4 Å². The summed E-state index contributed by atoms with van der Waals surface area (Å²) in [5.74, 6) is 0. The molecule has 6 aromatic carbocycles. The lowest BCUT2D eigenvalue weighted by atomic mass is 9.93. The summed E-state index contributed by atoms with van der Waals surface area (Å²) < 4.78 is 2.37. The predicted molar refractivity (Wildman–Crippen MR) is 195 cm³/mol. The van der Waals surface area contributed by atoms with Crippen LogP contribution in [0.3, 0.4) is 0 Å². The highest BCUT2D eigenvalue weighted by atomic mass is 15.0. The Bertz CT molecular complexity index is 2380. The van der Waals surface area contributed by atoms with E-state index in [1.54, 1.807) is 12.4 Å². The molecule has 0 spiro atoms. The number of nitriles is 1. The van der Waals surface area contributed by atoms with Crippen molar-refractivity contribution in [2.24, 2.45) is 0 Å². The summed E-state index contributed by atoms with van der Waals surface area (Å²) in [6.45, 7) is 4.32. The maximum absolute atomic E-state index is 10.6. The van der Waals surface area contributed by atoms with Crippen molar-refractivity contribution in [3.63, 3.8) is 0 Å². The van der Waals surface area contributed by atoms with Crippen LogP contribution in [-0.2, 0) is 0 Å². The summed E-state index contributed by atoms with van der Waals surface area (Å²) in [6.07, 6.45) is 3.56. The molecule has 0 radical (unpaired) electrons. The second-order valence-corrected chi connectivity index (χ2v) is 12.1. The molecule has 0 aliphatic heterocycles. The summed E-state index contributed by atoms with van der Waals surface area (Å²) in [4.78, 5) is 4.23. The van der Waals surface area contributed by atoms with Crippen molar-refractivity contribution < 1.29 is 0 Å². The summed E-state index contributed by atoms with van der Waals surface area (Å²) >= 11 is 0. The van der Waals surface area contributed by atoms with Crippen molar-refractivity contribution >= 4 is 21.8 Å². The van der Waals surface area contributed by atoms with E-state index in [4.69, 9.17) is 0 Å². The molecule has 8 rings (SSSR count). The molecule has 0 amide bonds. The third-order valence-electron chi connectivity index (χ3n) is 9.25. The molecule has 0 aliphatic carbocycles. The first-order valence-corrected chi connectivity index (χ1v) is 15.9. The molecule has 0 fully saturated rings. The van der Waals surface area contributed by atoms with E-state index < -0.39 is 0 Å². The normalized spacial score (nSPS) is 11.2. The second-order valence-electron chi connectivity index (χ2n) is 12.1. The van der Waals surface area contributed by atoms with E-state index in [2.05, 4.69) is 151 Å². The molecule has 0 saturated carbocycles. The van der Waals surface area contributed by atoms with Gasteiger partial charge in [0, 0.05) is 34.3 Å². The van der Waals surface area contributed by atoms with Crippen molar-refractivity contribution in [2.45, 2.75) is 13.8 Å². The highest BCUT2D eigenvalue weighted by Crippen LogP contribution is 2.42. The Morgan fingerprint density at radius 2 is 1.02 bits per heavy atom. The Hall–Kier alpha value is -6.24. The standard InChI is InChI=1S/C44H31N3/c1-29-10-6-8-14-36(29)33-16-18-38-39-19-17-34(37-15-9-7-11-30(37)2)25-43(39)47(42(38)24-33)44-26-35(28-45)40(32-20-22-46-23-21-32)27-41(44)31-12-4-3-5-13-31/h3-27H,1-2H3. The van der Waals surface area contributed by atoms with Crippen LogP contribution in [0.25, 0.3) is 72.0 Å². The summed E-state index contributed by atoms with van der Waals surface area (Å²) in [5.41, 5.74) is 15.0. The van der Waals surface area contributed by atoms with Gasteiger partial charge in [-0.05, 0) is 94.8 Å². The molecular formula is C44H31N3. The number of rotatable bonds is 5. The lowest BCUT2D eigenvalue weighted by molar-refractivity contribution is 1.18. The summed E-state index contributed by atoms with van der Waals surface area (Å²) in [5, 5.41) is 12.9. The van der Waals surface area contributed by atoms with Crippen molar-refractivity contribution in [1.82, 2.24) is 9.55 Å². The molecule has 0 unspecified atom stereocenters. The Morgan fingerprint density at radius 1 is 0.489 bits per heavy atom. The predicted octanol–water partition coefficient (Wildman–Crippen LogP) is 11.3. The second kappa shape index (κ2) is 11.6.